The molecule has 0 aliphatic rings. The Kier molecular flexibility index (Phi) is 3.93. The normalized spacial score (nSPS) is 14.5. The van der Waals surface area contributed by atoms with E-state index >= 15 is 0 Å². The Balaban J connectivity index is 4.22. The van der Waals surface area contributed by atoms with Gasteiger partial charge in [-0.3, -0.25) is 4.79 Å². The summed E-state index contributed by atoms with van der Waals surface area (Å²) >= 11 is 1.49. The summed E-state index contributed by atoms with van der Waals surface area (Å²) in [5.41, 5.74) is -0.146. The second kappa shape index (κ2) is 4.00. The van der Waals surface area contributed by atoms with Crippen molar-refractivity contribution in [3.05, 3.63) is 0 Å². The van der Waals surface area contributed by atoms with E-state index in [0.717, 1.165) is 5.75 Å². The maximum absolute atomic E-state index is 10.7. The maximum atomic E-state index is 10.7. The maximum Gasteiger partial charge on any atom is 0.317 e. The van der Waals surface area contributed by atoms with Crippen LogP contribution in [0.1, 0.15) is 27.7 Å². The summed E-state index contributed by atoms with van der Waals surface area (Å²) in [7, 11) is 0. The largest absolute Gasteiger partial charge is 0.480 e. The minimum absolute atomic E-state index is 0.146. The smallest absolute Gasteiger partial charge is 0.317 e. The molecule has 3 heteroatoms. The number of thioether (sulfide) groups is 1. The molecule has 1 N–H and O–H groups in total. The molecule has 0 spiro atoms. The molecule has 0 fully saturated rings. The highest BCUT2D eigenvalue weighted by Gasteiger charge is 2.30. The fourth-order valence-corrected chi connectivity index (χ4v) is 1.83. The Labute approximate surface area is 72.4 Å². The van der Waals surface area contributed by atoms with Crippen molar-refractivity contribution in [2.24, 2.45) is 5.41 Å². The van der Waals surface area contributed by atoms with Crippen LogP contribution in [0.25, 0.3) is 0 Å². The van der Waals surface area contributed by atoms with Crippen molar-refractivity contribution in [2.75, 3.05) is 5.75 Å². The lowest BCUT2D eigenvalue weighted by Crippen LogP contribution is -2.31. The zero-order valence-electron chi connectivity index (χ0n) is 7.55. The summed E-state index contributed by atoms with van der Waals surface area (Å²) in [5, 5.41) is 8.53. The van der Waals surface area contributed by atoms with Gasteiger partial charge in [0.2, 0.25) is 0 Å². The third-order valence-electron chi connectivity index (χ3n) is 1.34. The molecule has 0 bridgehead atoms. The van der Waals surface area contributed by atoms with Gasteiger partial charge >= 0.3 is 5.97 Å². The van der Waals surface area contributed by atoms with Crippen LogP contribution in [0.3, 0.4) is 0 Å². The van der Waals surface area contributed by atoms with E-state index in [1.807, 2.05) is 27.7 Å². The van der Waals surface area contributed by atoms with Gasteiger partial charge in [-0.05, 0) is 11.2 Å². The molecule has 2 nitrogen and oxygen atoms in total. The van der Waals surface area contributed by atoms with Crippen molar-refractivity contribution in [2.45, 2.75) is 32.9 Å². The minimum atomic E-state index is -0.704. The van der Waals surface area contributed by atoms with E-state index in [9.17, 15) is 4.79 Å². The third-order valence-corrected chi connectivity index (χ3v) is 2.92. The van der Waals surface area contributed by atoms with Gasteiger partial charge in [-0.2, -0.15) is 0 Å². The van der Waals surface area contributed by atoms with Crippen LogP contribution in [0, 0.1) is 5.41 Å². The second-order valence-corrected chi connectivity index (χ2v) is 4.92. The van der Waals surface area contributed by atoms with Crippen LogP contribution in [0.5, 0.6) is 0 Å². The molecular formula is C8H16O2S. The van der Waals surface area contributed by atoms with Crippen molar-refractivity contribution >= 4 is 17.7 Å². The molecule has 0 saturated heterocycles. The van der Waals surface area contributed by atoms with Gasteiger partial charge < -0.3 is 5.11 Å². The summed E-state index contributed by atoms with van der Waals surface area (Å²) in [6, 6.07) is 0. The lowest BCUT2D eigenvalue weighted by molar-refractivity contribution is -0.138. The Morgan fingerprint density at radius 3 is 2.09 bits per heavy atom. The average Bonchev–Trinajstić information content (AvgIpc) is 1.79. The first kappa shape index (κ1) is 10.8. The topological polar surface area (TPSA) is 37.3 Å². The second-order valence-electron chi connectivity index (χ2n) is 3.54. The standard InChI is InChI=1S/C8H16O2S/c1-5-11-6(7(9)10)8(2,3)4/h6H,5H2,1-4H3,(H,9,10). The van der Waals surface area contributed by atoms with E-state index in [0.29, 0.717) is 0 Å². The van der Waals surface area contributed by atoms with E-state index in [1.165, 1.54) is 11.8 Å². The predicted octanol–water partition coefficient (Wildman–Crippen LogP) is 2.24. The molecule has 66 valence electrons. The number of carboxylic acid groups (broad SMARTS) is 1. The van der Waals surface area contributed by atoms with Crippen molar-refractivity contribution < 1.29 is 9.90 Å². The molecule has 0 aromatic rings. The molecule has 0 radical (unpaired) electrons. The van der Waals surface area contributed by atoms with Crippen molar-refractivity contribution in [1.82, 2.24) is 0 Å². The molecule has 0 aliphatic carbocycles. The van der Waals surface area contributed by atoms with Crippen LogP contribution in [0.4, 0.5) is 0 Å². The quantitative estimate of drug-likeness (QED) is 0.716. The fourth-order valence-electron chi connectivity index (χ4n) is 0.858. The van der Waals surface area contributed by atoms with Crippen molar-refractivity contribution in [3.63, 3.8) is 0 Å². The summed E-state index contributed by atoms with van der Waals surface area (Å²) < 4.78 is 0. The van der Waals surface area contributed by atoms with Crippen LogP contribution in [0.2, 0.25) is 0 Å². The summed E-state index contributed by atoms with van der Waals surface area (Å²) in [5.74, 6) is 0.151. The van der Waals surface area contributed by atoms with E-state index < -0.39 is 5.97 Å². The molecule has 0 saturated carbocycles. The minimum Gasteiger partial charge on any atom is -0.480 e. The van der Waals surface area contributed by atoms with Crippen LogP contribution in [-0.2, 0) is 4.79 Å². The first-order valence-electron chi connectivity index (χ1n) is 3.74. The summed E-state index contributed by atoms with van der Waals surface area (Å²) in [6.07, 6.45) is 0. The number of carbonyl (C=O) groups is 1. The number of hydrogen-bond acceptors (Lipinski definition) is 2. The molecule has 11 heavy (non-hydrogen) atoms. The Hall–Kier alpha value is -0.180. The Morgan fingerprint density at radius 2 is 2.00 bits per heavy atom. The van der Waals surface area contributed by atoms with Gasteiger partial charge in [-0.15, -0.1) is 11.8 Å². The van der Waals surface area contributed by atoms with Gasteiger partial charge in [-0.25, -0.2) is 0 Å². The van der Waals surface area contributed by atoms with Crippen LogP contribution >= 0.6 is 11.8 Å². The highest BCUT2D eigenvalue weighted by Crippen LogP contribution is 2.30. The van der Waals surface area contributed by atoms with Gasteiger partial charge in [-0.1, -0.05) is 27.7 Å². The highest BCUT2D eigenvalue weighted by molar-refractivity contribution is 8.00. The molecular weight excluding hydrogens is 160 g/mol. The Bertz CT molecular complexity index is 138. The average molecular weight is 176 g/mol. The first-order valence-corrected chi connectivity index (χ1v) is 4.79. The lowest BCUT2D eigenvalue weighted by Gasteiger charge is -2.25. The molecule has 1 atom stereocenters. The van der Waals surface area contributed by atoms with Gasteiger partial charge in [0.05, 0.1) is 0 Å². The zero-order chi connectivity index (χ0) is 9.07. The summed E-state index contributed by atoms with van der Waals surface area (Å²) in [4.78, 5) is 10.7. The highest BCUT2D eigenvalue weighted by atomic mass is 32.2. The van der Waals surface area contributed by atoms with E-state index in [1.54, 1.807) is 0 Å². The number of hydrogen-bond donors (Lipinski definition) is 1. The molecule has 0 rings (SSSR count). The van der Waals surface area contributed by atoms with E-state index in [2.05, 4.69) is 0 Å². The lowest BCUT2D eigenvalue weighted by atomic mass is 9.92. The molecule has 0 aliphatic heterocycles. The molecule has 1 unspecified atom stereocenters. The number of carboxylic acids is 1. The van der Waals surface area contributed by atoms with Crippen LogP contribution in [0.15, 0.2) is 0 Å². The van der Waals surface area contributed by atoms with E-state index in [4.69, 9.17) is 5.11 Å². The zero-order valence-corrected chi connectivity index (χ0v) is 8.36. The van der Waals surface area contributed by atoms with Crippen molar-refractivity contribution in [1.29, 1.82) is 0 Å². The SMILES string of the molecule is CCSC(C(=O)O)C(C)(C)C. The fraction of sp³-hybridized carbons (Fsp3) is 0.875. The van der Waals surface area contributed by atoms with Crippen LogP contribution in [-0.4, -0.2) is 22.1 Å². The molecule has 0 aromatic heterocycles. The van der Waals surface area contributed by atoms with Gasteiger partial charge in [0.15, 0.2) is 0 Å². The van der Waals surface area contributed by atoms with E-state index in [-0.39, 0.29) is 10.7 Å². The van der Waals surface area contributed by atoms with Crippen molar-refractivity contribution in [3.8, 4) is 0 Å². The third kappa shape index (κ3) is 3.65. The van der Waals surface area contributed by atoms with Crippen LogP contribution < -0.4 is 0 Å². The van der Waals surface area contributed by atoms with Gasteiger partial charge in [0.1, 0.15) is 5.25 Å². The monoisotopic (exact) mass is 176 g/mol. The predicted molar refractivity (Wildman–Crippen MR) is 49.0 cm³/mol. The summed E-state index contributed by atoms with van der Waals surface area (Å²) in [6.45, 7) is 7.84. The Morgan fingerprint density at radius 1 is 1.55 bits per heavy atom. The number of rotatable bonds is 3. The molecule has 0 heterocycles. The first-order chi connectivity index (χ1) is 4.89. The van der Waals surface area contributed by atoms with Gasteiger partial charge in [0, 0.05) is 0 Å². The molecule has 0 aromatic carbocycles. The molecule has 0 amide bonds. The number of aliphatic carboxylic acids is 1. The van der Waals surface area contributed by atoms with Gasteiger partial charge in [0.25, 0.3) is 0 Å².